The zero-order valence-electron chi connectivity index (χ0n) is 13.8. The highest BCUT2D eigenvalue weighted by molar-refractivity contribution is 5.00. The predicted octanol–water partition coefficient (Wildman–Crippen LogP) is 0.929. The van der Waals surface area contributed by atoms with Gasteiger partial charge >= 0.3 is 0 Å². The van der Waals surface area contributed by atoms with E-state index >= 15 is 0 Å². The number of nitrogens with zero attached hydrogens (tertiary/aromatic N) is 4. The molecule has 1 N–H and O–H groups in total. The Labute approximate surface area is 127 Å². The summed E-state index contributed by atoms with van der Waals surface area (Å²) >= 11 is 0. The molecule has 2 rings (SSSR count). The molecule has 1 aliphatic rings. The molecule has 0 amide bonds. The molecule has 1 unspecified atom stereocenters. The van der Waals surface area contributed by atoms with Crippen molar-refractivity contribution in [3.63, 3.8) is 0 Å². The van der Waals surface area contributed by atoms with E-state index in [1.807, 2.05) is 4.68 Å². The number of aromatic nitrogens is 3. The molecule has 1 aromatic rings. The lowest BCUT2D eigenvalue weighted by Gasteiger charge is -2.46. The molecule has 0 aromatic carbocycles. The zero-order valence-corrected chi connectivity index (χ0v) is 13.8. The van der Waals surface area contributed by atoms with Gasteiger partial charge in [-0.2, -0.15) is 5.10 Å². The van der Waals surface area contributed by atoms with Crippen LogP contribution in [-0.2, 0) is 17.7 Å². The van der Waals surface area contributed by atoms with E-state index in [0.29, 0.717) is 6.04 Å². The number of aryl methyl sites for hydroxylation is 1. The molecular weight excluding hydrogens is 266 g/mol. The van der Waals surface area contributed by atoms with E-state index in [1.165, 1.54) is 0 Å². The molecular formula is C15H29N5O. The molecule has 21 heavy (non-hydrogen) atoms. The Morgan fingerprint density at radius 1 is 1.33 bits per heavy atom. The van der Waals surface area contributed by atoms with Gasteiger partial charge in [-0.25, -0.2) is 4.98 Å². The second-order valence-corrected chi connectivity index (χ2v) is 6.06. The fourth-order valence-electron chi connectivity index (χ4n) is 3.07. The van der Waals surface area contributed by atoms with Crippen LogP contribution < -0.4 is 5.32 Å². The van der Waals surface area contributed by atoms with Crippen molar-refractivity contribution in [2.45, 2.75) is 52.2 Å². The Bertz CT molecular complexity index is 425. The van der Waals surface area contributed by atoms with Gasteiger partial charge in [0.05, 0.1) is 13.2 Å². The summed E-state index contributed by atoms with van der Waals surface area (Å²) in [5, 5.41) is 7.93. The zero-order chi connectivity index (χ0) is 15.3. The van der Waals surface area contributed by atoms with Gasteiger partial charge in [-0.05, 0) is 27.3 Å². The van der Waals surface area contributed by atoms with Crippen LogP contribution in [0.1, 0.15) is 33.5 Å². The van der Waals surface area contributed by atoms with Crippen LogP contribution in [0.2, 0.25) is 0 Å². The largest absolute Gasteiger partial charge is 0.379 e. The third-order valence-electron chi connectivity index (χ3n) is 4.51. The van der Waals surface area contributed by atoms with Crippen molar-refractivity contribution in [3.8, 4) is 0 Å². The number of morpholine rings is 1. The quantitative estimate of drug-likeness (QED) is 0.811. The molecule has 1 saturated heterocycles. The van der Waals surface area contributed by atoms with E-state index in [9.17, 15) is 0 Å². The van der Waals surface area contributed by atoms with Gasteiger partial charge in [0, 0.05) is 37.6 Å². The predicted molar refractivity (Wildman–Crippen MR) is 83.3 cm³/mol. The Kier molecular flexibility index (Phi) is 5.72. The van der Waals surface area contributed by atoms with Crippen LogP contribution >= 0.6 is 0 Å². The molecule has 0 saturated carbocycles. The summed E-state index contributed by atoms with van der Waals surface area (Å²) < 4.78 is 7.47. The van der Waals surface area contributed by atoms with Crippen molar-refractivity contribution >= 4 is 0 Å². The van der Waals surface area contributed by atoms with Crippen LogP contribution in [0.15, 0.2) is 6.33 Å². The summed E-state index contributed by atoms with van der Waals surface area (Å²) in [6.07, 6.45) is 2.55. The number of hydrogen-bond donors (Lipinski definition) is 1. The van der Waals surface area contributed by atoms with Crippen molar-refractivity contribution in [2.75, 3.05) is 32.8 Å². The summed E-state index contributed by atoms with van der Waals surface area (Å²) in [5.74, 6) is 1.06. The molecule has 6 nitrogen and oxygen atoms in total. The molecule has 0 aliphatic carbocycles. The van der Waals surface area contributed by atoms with Crippen molar-refractivity contribution in [1.29, 1.82) is 0 Å². The summed E-state index contributed by atoms with van der Waals surface area (Å²) in [6.45, 7) is 14.4. The second-order valence-electron chi connectivity index (χ2n) is 6.06. The maximum atomic E-state index is 5.49. The molecule has 1 aromatic heterocycles. The van der Waals surface area contributed by atoms with Crippen molar-refractivity contribution in [2.24, 2.45) is 0 Å². The minimum Gasteiger partial charge on any atom is -0.379 e. The van der Waals surface area contributed by atoms with Gasteiger partial charge in [0.15, 0.2) is 0 Å². The van der Waals surface area contributed by atoms with Gasteiger partial charge in [0.2, 0.25) is 0 Å². The van der Waals surface area contributed by atoms with Crippen LogP contribution in [0, 0.1) is 0 Å². The Morgan fingerprint density at radius 2 is 2.05 bits per heavy atom. The molecule has 1 fully saturated rings. The smallest absolute Gasteiger partial charge is 0.138 e. The first-order chi connectivity index (χ1) is 10.1. The SMILES string of the molecule is CCNC(Cc1ncnn1CC)C(C)(C)N1CCOCC1. The average molecular weight is 295 g/mol. The van der Waals surface area contributed by atoms with Crippen molar-refractivity contribution in [1.82, 2.24) is 25.0 Å². The van der Waals surface area contributed by atoms with Gasteiger partial charge in [-0.15, -0.1) is 0 Å². The lowest BCUT2D eigenvalue weighted by molar-refractivity contribution is -0.0234. The topological polar surface area (TPSA) is 55.2 Å². The molecule has 1 atom stereocenters. The summed E-state index contributed by atoms with van der Waals surface area (Å²) in [7, 11) is 0. The van der Waals surface area contributed by atoms with Crippen molar-refractivity contribution < 1.29 is 4.74 Å². The molecule has 0 spiro atoms. The minimum atomic E-state index is 0.0598. The van der Waals surface area contributed by atoms with Crippen LogP contribution in [0.25, 0.3) is 0 Å². The van der Waals surface area contributed by atoms with E-state index in [1.54, 1.807) is 6.33 Å². The lowest BCUT2D eigenvalue weighted by atomic mass is 9.89. The number of nitrogens with one attached hydrogen (secondary N) is 1. The number of likely N-dealkylation sites (N-methyl/N-ethyl adjacent to an activating group) is 1. The molecule has 6 heteroatoms. The van der Waals surface area contributed by atoms with Gasteiger partial charge in [-0.3, -0.25) is 9.58 Å². The highest BCUT2D eigenvalue weighted by Crippen LogP contribution is 2.23. The van der Waals surface area contributed by atoms with E-state index in [-0.39, 0.29) is 5.54 Å². The molecule has 2 heterocycles. The van der Waals surface area contributed by atoms with Crippen LogP contribution in [0.4, 0.5) is 0 Å². The second kappa shape index (κ2) is 7.33. The maximum absolute atomic E-state index is 5.49. The number of ether oxygens (including phenoxy) is 1. The number of rotatable bonds is 7. The first kappa shape index (κ1) is 16.4. The van der Waals surface area contributed by atoms with Crippen LogP contribution in [0.5, 0.6) is 0 Å². The van der Waals surface area contributed by atoms with Gasteiger partial charge in [0.1, 0.15) is 12.2 Å². The molecule has 120 valence electrons. The van der Waals surface area contributed by atoms with Gasteiger partial charge in [0.25, 0.3) is 0 Å². The van der Waals surface area contributed by atoms with E-state index in [2.05, 4.69) is 48.0 Å². The first-order valence-electron chi connectivity index (χ1n) is 8.02. The average Bonchev–Trinajstić information content (AvgIpc) is 2.95. The first-order valence-corrected chi connectivity index (χ1v) is 8.02. The summed E-state index contributed by atoms with van der Waals surface area (Å²) in [4.78, 5) is 6.96. The normalized spacial score (nSPS) is 18.9. The van der Waals surface area contributed by atoms with E-state index < -0.39 is 0 Å². The fraction of sp³-hybridized carbons (Fsp3) is 0.867. The monoisotopic (exact) mass is 295 g/mol. The highest BCUT2D eigenvalue weighted by atomic mass is 16.5. The van der Waals surface area contributed by atoms with Crippen LogP contribution in [-0.4, -0.2) is 64.1 Å². The Balaban J connectivity index is 2.12. The Hall–Kier alpha value is -0.980. The number of hydrogen-bond acceptors (Lipinski definition) is 5. The van der Waals surface area contributed by atoms with E-state index in [4.69, 9.17) is 4.74 Å². The molecule has 1 aliphatic heterocycles. The highest BCUT2D eigenvalue weighted by Gasteiger charge is 2.36. The minimum absolute atomic E-state index is 0.0598. The summed E-state index contributed by atoms with van der Waals surface area (Å²) in [6, 6.07) is 0.343. The van der Waals surface area contributed by atoms with Gasteiger partial charge in [-0.1, -0.05) is 6.92 Å². The van der Waals surface area contributed by atoms with Gasteiger partial charge < -0.3 is 10.1 Å². The van der Waals surface area contributed by atoms with Crippen molar-refractivity contribution in [3.05, 3.63) is 12.2 Å². The summed E-state index contributed by atoms with van der Waals surface area (Å²) in [5.41, 5.74) is 0.0598. The third kappa shape index (κ3) is 3.81. The third-order valence-corrected chi connectivity index (χ3v) is 4.51. The Morgan fingerprint density at radius 3 is 2.67 bits per heavy atom. The molecule has 0 radical (unpaired) electrons. The molecule has 0 bridgehead atoms. The van der Waals surface area contributed by atoms with E-state index in [0.717, 1.165) is 51.6 Å². The van der Waals surface area contributed by atoms with Crippen LogP contribution in [0.3, 0.4) is 0 Å². The fourth-order valence-corrected chi connectivity index (χ4v) is 3.07. The maximum Gasteiger partial charge on any atom is 0.138 e. The standard InChI is InChI=1S/C15H29N5O/c1-5-16-13(11-14-17-12-18-20(14)6-2)15(3,4)19-7-9-21-10-8-19/h12-13,16H,5-11H2,1-4H3. The lowest BCUT2D eigenvalue weighted by Crippen LogP contribution is -2.61.